The third-order valence-electron chi connectivity index (χ3n) is 3.87. The normalized spacial score (nSPS) is 11.9. The maximum atomic E-state index is 12.6. The van der Waals surface area contributed by atoms with Crippen LogP contribution >= 0.6 is 23.8 Å². The van der Waals surface area contributed by atoms with E-state index in [1.165, 1.54) is 0 Å². The first-order valence-corrected chi connectivity index (χ1v) is 8.51. The van der Waals surface area contributed by atoms with Crippen molar-refractivity contribution in [3.05, 3.63) is 68.1 Å². The summed E-state index contributed by atoms with van der Waals surface area (Å²) in [4.78, 5) is 17.5. The molecule has 0 saturated heterocycles. The number of nitrogens with zero attached hydrogens (tertiary/aromatic N) is 1. The number of halogens is 2. The van der Waals surface area contributed by atoms with Crippen molar-refractivity contribution in [2.45, 2.75) is 6.54 Å². The van der Waals surface area contributed by atoms with Crippen LogP contribution in [0.15, 0.2) is 47.2 Å². The van der Waals surface area contributed by atoms with Crippen LogP contribution in [0.25, 0.3) is 11.0 Å². The molecule has 1 aromatic carbocycles. The summed E-state index contributed by atoms with van der Waals surface area (Å²) in [6, 6.07) is 7.06. The smallest absolute Gasteiger partial charge is 0.276 e. The molecule has 4 N–H and O–H groups in total. The summed E-state index contributed by atoms with van der Waals surface area (Å²) < 4.78 is 20.3. The van der Waals surface area contributed by atoms with Gasteiger partial charge in [0, 0.05) is 18.3 Å². The SMILES string of the molecule is NC/C(=C\F)COc1cc(Cn2c(=S)[nH]c(=O)c3[nH]ccc32)ccc1Cl. The number of nitrogens with one attached hydrogen (secondary N) is 2. The number of aromatic amines is 2. The summed E-state index contributed by atoms with van der Waals surface area (Å²) in [5.74, 6) is 0.415. The summed E-state index contributed by atoms with van der Waals surface area (Å²) in [7, 11) is 0. The monoisotopic (exact) mass is 394 g/mol. The average molecular weight is 395 g/mol. The molecule has 136 valence electrons. The van der Waals surface area contributed by atoms with Crippen LogP contribution in [0.3, 0.4) is 0 Å². The zero-order valence-electron chi connectivity index (χ0n) is 13.6. The Morgan fingerprint density at radius 1 is 1.42 bits per heavy atom. The lowest BCUT2D eigenvalue weighted by Gasteiger charge is -2.13. The highest BCUT2D eigenvalue weighted by Gasteiger charge is 2.09. The Morgan fingerprint density at radius 3 is 2.96 bits per heavy atom. The fourth-order valence-corrected chi connectivity index (χ4v) is 2.93. The summed E-state index contributed by atoms with van der Waals surface area (Å²) in [5.41, 5.74) is 7.48. The van der Waals surface area contributed by atoms with Crippen molar-refractivity contribution < 1.29 is 9.13 Å². The number of H-pyrrole nitrogens is 2. The second-order valence-corrected chi connectivity index (χ2v) is 6.40. The fraction of sp³-hybridized carbons (Fsp3) is 0.176. The molecule has 0 bridgehead atoms. The number of ether oxygens (including phenoxy) is 1. The molecule has 0 unspecified atom stereocenters. The van der Waals surface area contributed by atoms with Crippen molar-refractivity contribution in [2.75, 3.05) is 13.2 Å². The summed E-state index contributed by atoms with van der Waals surface area (Å²) in [6.45, 7) is 0.475. The third-order valence-corrected chi connectivity index (χ3v) is 4.51. The molecule has 0 aliphatic heterocycles. The van der Waals surface area contributed by atoms with Gasteiger partial charge in [-0.25, -0.2) is 4.39 Å². The first-order chi connectivity index (χ1) is 12.5. The van der Waals surface area contributed by atoms with Crippen molar-refractivity contribution in [3.63, 3.8) is 0 Å². The van der Waals surface area contributed by atoms with Crippen molar-refractivity contribution in [2.24, 2.45) is 5.73 Å². The molecular formula is C17H16ClFN4O2S. The van der Waals surface area contributed by atoms with Gasteiger partial charge in [-0.2, -0.15) is 0 Å². The summed E-state index contributed by atoms with van der Waals surface area (Å²) >= 11 is 11.4. The topological polar surface area (TPSA) is 88.8 Å². The van der Waals surface area contributed by atoms with E-state index in [0.29, 0.717) is 45.0 Å². The number of rotatable bonds is 6. The van der Waals surface area contributed by atoms with Crippen molar-refractivity contribution in [1.82, 2.24) is 14.5 Å². The third kappa shape index (κ3) is 3.72. The molecule has 0 atom stereocenters. The van der Waals surface area contributed by atoms with Gasteiger partial charge in [-0.3, -0.25) is 9.78 Å². The first-order valence-electron chi connectivity index (χ1n) is 7.73. The zero-order chi connectivity index (χ0) is 18.7. The molecule has 0 radical (unpaired) electrons. The van der Waals surface area contributed by atoms with Gasteiger partial charge in [0.15, 0.2) is 4.77 Å². The molecule has 26 heavy (non-hydrogen) atoms. The zero-order valence-corrected chi connectivity index (χ0v) is 15.2. The Hall–Kier alpha value is -2.42. The molecule has 0 aliphatic rings. The quantitative estimate of drug-likeness (QED) is 0.560. The van der Waals surface area contributed by atoms with Crippen LogP contribution in [0.2, 0.25) is 5.02 Å². The minimum Gasteiger partial charge on any atom is -0.488 e. The van der Waals surface area contributed by atoms with E-state index in [9.17, 15) is 9.18 Å². The number of hydrogen-bond acceptors (Lipinski definition) is 4. The predicted octanol–water partition coefficient (Wildman–Crippen LogP) is 3.28. The first kappa shape index (κ1) is 18.4. The van der Waals surface area contributed by atoms with Gasteiger partial charge in [-0.05, 0) is 36.0 Å². The molecule has 0 spiro atoms. The van der Waals surface area contributed by atoms with E-state index in [1.54, 1.807) is 29.0 Å². The maximum Gasteiger partial charge on any atom is 0.276 e. The molecule has 0 fully saturated rings. The Kier molecular flexibility index (Phi) is 5.55. The Morgan fingerprint density at radius 2 is 2.23 bits per heavy atom. The number of aromatic nitrogens is 3. The molecule has 3 aromatic rings. The van der Waals surface area contributed by atoms with E-state index >= 15 is 0 Å². The Balaban J connectivity index is 1.92. The molecule has 2 heterocycles. The largest absolute Gasteiger partial charge is 0.488 e. The lowest BCUT2D eigenvalue weighted by Crippen LogP contribution is -2.15. The van der Waals surface area contributed by atoms with E-state index < -0.39 is 0 Å². The number of fused-ring (bicyclic) bond motifs is 1. The van der Waals surface area contributed by atoms with Crippen molar-refractivity contribution >= 4 is 34.9 Å². The Labute approximate surface area is 158 Å². The van der Waals surface area contributed by atoms with Crippen LogP contribution in [0.5, 0.6) is 5.75 Å². The van der Waals surface area contributed by atoms with E-state index in [-0.39, 0.29) is 18.7 Å². The molecule has 0 aliphatic carbocycles. The van der Waals surface area contributed by atoms with E-state index in [2.05, 4.69) is 9.97 Å². The van der Waals surface area contributed by atoms with Gasteiger partial charge < -0.3 is 20.0 Å². The van der Waals surface area contributed by atoms with Gasteiger partial charge in [0.25, 0.3) is 5.56 Å². The van der Waals surface area contributed by atoms with Gasteiger partial charge in [-0.1, -0.05) is 17.7 Å². The van der Waals surface area contributed by atoms with Crippen molar-refractivity contribution in [1.29, 1.82) is 0 Å². The molecule has 6 nitrogen and oxygen atoms in total. The number of hydrogen-bond donors (Lipinski definition) is 3. The molecular weight excluding hydrogens is 379 g/mol. The van der Waals surface area contributed by atoms with Gasteiger partial charge in [-0.15, -0.1) is 0 Å². The van der Waals surface area contributed by atoms with Crippen LogP contribution in [0, 0.1) is 4.77 Å². The lowest BCUT2D eigenvalue weighted by atomic mass is 10.2. The minimum absolute atomic E-state index is 0.0102. The van der Waals surface area contributed by atoms with Gasteiger partial charge in [0.05, 0.1) is 23.4 Å². The highest BCUT2D eigenvalue weighted by molar-refractivity contribution is 7.71. The van der Waals surface area contributed by atoms with Crippen molar-refractivity contribution in [3.8, 4) is 5.75 Å². The van der Waals surface area contributed by atoms with Crippen LogP contribution in [-0.2, 0) is 6.54 Å². The predicted molar refractivity (Wildman–Crippen MR) is 102 cm³/mol. The number of benzene rings is 1. The van der Waals surface area contributed by atoms with Crippen LogP contribution < -0.4 is 16.0 Å². The standard InChI is InChI=1S/C17H16ClFN4O2S/c18-12-2-1-10(5-14(12)25-9-11(6-19)7-20)8-23-13-3-4-21-15(13)16(24)22-17(23)26/h1-6,21H,7-9,20H2,(H,22,24,26)/b11-6+. The second kappa shape index (κ2) is 7.86. The molecule has 0 saturated carbocycles. The number of nitrogens with two attached hydrogens (primary N) is 1. The Bertz CT molecular complexity index is 1090. The summed E-state index contributed by atoms with van der Waals surface area (Å²) in [5, 5.41) is 0.404. The average Bonchev–Trinajstić information content (AvgIpc) is 3.12. The second-order valence-electron chi connectivity index (χ2n) is 5.61. The van der Waals surface area contributed by atoms with Gasteiger partial charge >= 0.3 is 0 Å². The van der Waals surface area contributed by atoms with Gasteiger partial charge in [0.1, 0.15) is 17.9 Å². The van der Waals surface area contributed by atoms with E-state index in [0.717, 1.165) is 5.56 Å². The van der Waals surface area contributed by atoms with Crippen LogP contribution in [-0.4, -0.2) is 27.7 Å². The molecule has 9 heteroatoms. The fourth-order valence-electron chi connectivity index (χ4n) is 2.51. The highest BCUT2D eigenvalue weighted by atomic mass is 35.5. The highest BCUT2D eigenvalue weighted by Crippen LogP contribution is 2.27. The summed E-state index contributed by atoms with van der Waals surface area (Å²) in [6.07, 6.45) is 2.11. The molecule has 3 rings (SSSR count). The molecule has 0 amide bonds. The van der Waals surface area contributed by atoms with E-state index in [1.807, 2.05) is 6.07 Å². The minimum atomic E-state index is -0.265. The van der Waals surface area contributed by atoms with E-state index in [4.69, 9.17) is 34.3 Å². The lowest BCUT2D eigenvalue weighted by molar-refractivity contribution is 0.347. The van der Waals surface area contributed by atoms with Crippen LogP contribution in [0.1, 0.15) is 5.56 Å². The van der Waals surface area contributed by atoms with Gasteiger partial charge in [0.2, 0.25) is 0 Å². The van der Waals surface area contributed by atoms with Crippen LogP contribution in [0.4, 0.5) is 4.39 Å². The molecule has 2 aromatic heterocycles. The maximum absolute atomic E-state index is 12.6.